The highest BCUT2D eigenvalue weighted by Gasteiger charge is 2.36. The van der Waals surface area contributed by atoms with E-state index in [0.717, 1.165) is 17.5 Å². The molecule has 2 heteroatoms. The van der Waals surface area contributed by atoms with Crippen LogP contribution in [0.3, 0.4) is 0 Å². The van der Waals surface area contributed by atoms with Crippen LogP contribution >= 0.6 is 0 Å². The van der Waals surface area contributed by atoms with Crippen LogP contribution in [-0.4, -0.2) is 36.6 Å². The summed E-state index contributed by atoms with van der Waals surface area (Å²) in [7, 11) is 0. The maximum Gasteiger partial charge on any atom is 0.00790 e. The third-order valence-electron chi connectivity index (χ3n) is 5.97. The van der Waals surface area contributed by atoms with Gasteiger partial charge in [-0.25, -0.2) is 0 Å². The molecule has 0 aromatic heterocycles. The van der Waals surface area contributed by atoms with Gasteiger partial charge in [0.1, 0.15) is 0 Å². The summed E-state index contributed by atoms with van der Waals surface area (Å²) in [5, 5.41) is 3.66. The number of hydrogen-bond acceptors (Lipinski definition) is 2. The lowest BCUT2D eigenvalue weighted by Crippen LogP contribution is -2.45. The Morgan fingerprint density at radius 2 is 1.74 bits per heavy atom. The molecule has 1 aliphatic heterocycles. The molecule has 0 amide bonds. The van der Waals surface area contributed by atoms with Crippen molar-refractivity contribution in [3.8, 4) is 0 Å². The first kappa shape index (κ1) is 13.9. The van der Waals surface area contributed by atoms with Crippen LogP contribution in [0.1, 0.15) is 71.1 Å². The van der Waals surface area contributed by atoms with Crippen molar-refractivity contribution >= 4 is 0 Å². The third-order valence-corrected chi connectivity index (χ3v) is 5.97. The third kappa shape index (κ3) is 3.72. The normalized spacial score (nSPS) is 29.5. The summed E-state index contributed by atoms with van der Waals surface area (Å²) in [6.07, 6.45) is 14.7. The zero-order valence-corrected chi connectivity index (χ0v) is 12.8. The van der Waals surface area contributed by atoms with E-state index in [1.54, 1.807) is 0 Å². The molecule has 110 valence electrons. The second kappa shape index (κ2) is 6.13. The Morgan fingerprint density at radius 3 is 2.37 bits per heavy atom. The average molecular weight is 264 g/mol. The van der Waals surface area contributed by atoms with Gasteiger partial charge in [0.25, 0.3) is 0 Å². The molecule has 2 nitrogen and oxygen atoms in total. The second-order valence-electron chi connectivity index (χ2n) is 7.46. The van der Waals surface area contributed by atoms with Crippen molar-refractivity contribution in [3.05, 3.63) is 0 Å². The lowest BCUT2D eigenvalue weighted by Gasteiger charge is -2.46. The first-order valence-electron chi connectivity index (χ1n) is 8.75. The molecule has 1 atom stereocenters. The van der Waals surface area contributed by atoms with Crippen LogP contribution in [-0.2, 0) is 0 Å². The Bertz CT molecular complexity index is 269. The van der Waals surface area contributed by atoms with E-state index in [9.17, 15) is 0 Å². The van der Waals surface area contributed by atoms with Gasteiger partial charge in [0, 0.05) is 12.1 Å². The van der Waals surface area contributed by atoms with Crippen LogP contribution in [0.4, 0.5) is 0 Å². The van der Waals surface area contributed by atoms with Crippen molar-refractivity contribution in [1.29, 1.82) is 0 Å². The van der Waals surface area contributed by atoms with Gasteiger partial charge in [0.15, 0.2) is 0 Å². The highest BCUT2D eigenvalue weighted by atomic mass is 15.2. The quantitative estimate of drug-likeness (QED) is 0.817. The summed E-state index contributed by atoms with van der Waals surface area (Å²) in [4.78, 5) is 2.76. The van der Waals surface area contributed by atoms with Crippen LogP contribution in [0.25, 0.3) is 0 Å². The Morgan fingerprint density at radius 1 is 1.05 bits per heavy atom. The maximum atomic E-state index is 3.66. The van der Waals surface area contributed by atoms with Gasteiger partial charge in [-0.3, -0.25) is 0 Å². The summed E-state index contributed by atoms with van der Waals surface area (Å²) in [5.41, 5.74) is 0.765. The number of piperidine rings is 1. The number of likely N-dealkylation sites (tertiary alicyclic amines) is 1. The molecule has 1 heterocycles. The van der Waals surface area contributed by atoms with Crippen LogP contribution < -0.4 is 5.32 Å². The minimum absolute atomic E-state index is 0.765. The highest BCUT2D eigenvalue weighted by Crippen LogP contribution is 2.44. The van der Waals surface area contributed by atoms with Crippen molar-refractivity contribution in [1.82, 2.24) is 10.2 Å². The number of hydrogen-bond donors (Lipinski definition) is 1. The van der Waals surface area contributed by atoms with E-state index in [2.05, 4.69) is 17.1 Å². The van der Waals surface area contributed by atoms with Crippen molar-refractivity contribution in [3.63, 3.8) is 0 Å². The molecule has 0 aromatic carbocycles. The second-order valence-corrected chi connectivity index (χ2v) is 7.46. The van der Waals surface area contributed by atoms with Gasteiger partial charge in [-0.2, -0.15) is 0 Å². The van der Waals surface area contributed by atoms with Crippen LogP contribution in [0.15, 0.2) is 0 Å². The number of nitrogens with zero attached hydrogens (tertiary/aromatic N) is 1. The minimum atomic E-state index is 0.765. The van der Waals surface area contributed by atoms with Crippen LogP contribution in [0.2, 0.25) is 0 Å². The average Bonchev–Trinajstić information content (AvgIpc) is 3.24. The van der Waals surface area contributed by atoms with Gasteiger partial charge in [0.2, 0.25) is 0 Å². The van der Waals surface area contributed by atoms with Crippen LogP contribution in [0, 0.1) is 5.41 Å². The summed E-state index contributed by atoms with van der Waals surface area (Å²) < 4.78 is 0. The fraction of sp³-hybridized carbons (Fsp3) is 1.00. The molecule has 0 aromatic rings. The lowest BCUT2D eigenvalue weighted by molar-refractivity contribution is 0.0471. The highest BCUT2D eigenvalue weighted by molar-refractivity contribution is 4.89. The Balaban J connectivity index is 1.38. The predicted molar refractivity (Wildman–Crippen MR) is 81.4 cm³/mol. The molecule has 0 radical (unpaired) electrons. The van der Waals surface area contributed by atoms with Crippen LogP contribution in [0.5, 0.6) is 0 Å². The molecule has 3 fully saturated rings. The van der Waals surface area contributed by atoms with E-state index >= 15 is 0 Å². The van der Waals surface area contributed by atoms with Gasteiger partial charge in [-0.1, -0.05) is 19.3 Å². The standard InChI is InChI=1S/C17H32N2/c1-15(7-12-18-16-5-6-16)19-13-10-17(11-14-19)8-3-2-4-9-17/h15-16,18H,2-14H2,1H3. The molecule has 1 N–H and O–H groups in total. The van der Waals surface area contributed by atoms with Gasteiger partial charge in [-0.05, 0) is 76.9 Å². The molecule has 2 saturated carbocycles. The smallest absolute Gasteiger partial charge is 0.00790 e. The monoisotopic (exact) mass is 264 g/mol. The van der Waals surface area contributed by atoms with E-state index in [1.807, 2.05) is 0 Å². The molecular weight excluding hydrogens is 232 g/mol. The van der Waals surface area contributed by atoms with E-state index in [0.29, 0.717) is 0 Å². The van der Waals surface area contributed by atoms with Gasteiger partial charge >= 0.3 is 0 Å². The summed E-state index contributed by atoms with van der Waals surface area (Å²) in [6, 6.07) is 1.66. The Kier molecular flexibility index (Phi) is 4.48. The van der Waals surface area contributed by atoms with Crippen molar-refractivity contribution < 1.29 is 0 Å². The van der Waals surface area contributed by atoms with Gasteiger partial charge < -0.3 is 10.2 Å². The summed E-state index contributed by atoms with van der Waals surface area (Å²) in [6.45, 7) is 6.40. The maximum absolute atomic E-state index is 3.66. The SMILES string of the molecule is CC(CCNC1CC1)N1CCC2(CCCCC2)CC1. The molecule has 3 rings (SSSR count). The van der Waals surface area contributed by atoms with Crippen molar-refractivity contribution in [2.24, 2.45) is 5.41 Å². The lowest BCUT2D eigenvalue weighted by atomic mass is 9.68. The Labute approximate surface area is 119 Å². The first-order valence-corrected chi connectivity index (χ1v) is 8.75. The van der Waals surface area contributed by atoms with Gasteiger partial charge in [0.05, 0.1) is 0 Å². The van der Waals surface area contributed by atoms with E-state index in [4.69, 9.17) is 0 Å². The molecule has 1 saturated heterocycles. The van der Waals surface area contributed by atoms with E-state index in [1.165, 1.54) is 83.8 Å². The Hall–Kier alpha value is -0.0800. The largest absolute Gasteiger partial charge is 0.314 e. The molecule has 2 aliphatic carbocycles. The fourth-order valence-electron chi connectivity index (χ4n) is 4.21. The molecular formula is C17H32N2. The first-order chi connectivity index (χ1) is 9.27. The van der Waals surface area contributed by atoms with E-state index in [-0.39, 0.29) is 0 Å². The van der Waals surface area contributed by atoms with Crippen molar-refractivity contribution in [2.45, 2.75) is 83.2 Å². The van der Waals surface area contributed by atoms with Gasteiger partial charge in [-0.15, -0.1) is 0 Å². The van der Waals surface area contributed by atoms with Crippen molar-refractivity contribution in [2.75, 3.05) is 19.6 Å². The molecule has 0 bridgehead atoms. The molecule has 1 unspecified atom stereocenters. The summed E-state index contributed by atoms with van der Waals surface area (Å²) >= 11 is 0. The summed E-state index contributed by atoms with van der Waals surface area (Å²) in [5.74, 6) is 0. The zero-order valence-electron chi connectivity index (χ0n) is 12.8. The topological polar surface area (TPSA) is 15.3 Å². The predicted octanol–water partition coefficient (Wildman–Crippen LogP) is 3.56. The number of rotatable bonds is 5. The molecule has 1 spiro atoms. The van der Waals surface area contributed by atoms with E-state index < -0.39 is 0 Å². The minimum Gasteiger partial charge on any atom is -0.314 e. The number of nitrogens with one attached hydrogen (secondary N) is 1. The molecule has 19 heavy (non-hydrogen) atoms. The molecule has 3 aliphatic rings. The zero-order chi connectivity index (χ0) is 13.1. The fourth-order valence-corrected chi connectivity index (χ4v) is 4.21.